The van der Waals surface area contributed by atoms with E-state index in [0.29, 0.717) is 5.92 Å². The molecule has 0 aliphatic rings. The molecule has 0 saturated carbocycles. The van der Waals surface area contributed by atoms with Crippen LogP contribution in [-0.2, 0) is 25.9 Å². The number of amides is 1. The Balaban J connectivity index is -0.000000320. The molecule has 0 rings (SSSR count). The van der Waals surface area contributed by atoms with E-state index in [-0.39, 0.29) is 27.1 Å². The summed E-state index contributed by atoms with van der Waals surface area (Å²) >= 11 is 0. The van der Waals surface area contributed by atoms with Crippen molar-refractivity contribution in [2.45, 2.75) is 54.0 Å². The molecule has 0 spiro atoms. The van der Waals surface area contributed by atoms with Crippen LogP contribution in [0.2, 0.25) is 0 Å². The summed E-state index contributed by atoms with van der Waals surface area (Å²) in [4.78, 5) is 11.9. The first kappa shape index (κ1) is 20.6. The summed E-state index contributed by atoms with van der Waals surface area (Å²) in [7, 11) is 1.77. The van der Waals surface area contributed by atoms with Gasteiger partial charge in [-0.25, -0.2) is 0 Å². The molecule has 0 aliphatic carbocycles. The summed E-state index contributed by atoms with van der Waals surface area (Å²) in [5.74, 6) is 1.72. The van der Waals surface area contributed by atoms with Crippen molar-refractivity contribution in [3.05, 3.63) is 5.92 Å². The first-order chi connectivity index (χ1) is 6.42. The van der Waals surface area contributed by atoms with E-state index in [0.717, 1.165) is 0 Å². The van der Waals surface area contributed by atoms with Crippen LogP contribution in [0.15, 0.2) is 0 Å². The van der Waals surface area contributed by atoms with Gasteiger partial charge in [-0.15, -0.1) is 6.04 Å². The van der Waals surface area contributed by atoms with E-state index in [1.807, 2.05) is 20.3 Å². The van der Waals surface area contributed by atoms with Crippen molar-refractivity contribution in [1.82, 2.24) is 4.90 Å². The molecule has 0 fully saturated rings. The largest absolute Gasteiger partial charge is 2.00 e. The van der Waals surface area contributed by atoms with Crippen LogP contribution in [0, 0.1) is 11.8 Å². The first-order valence-electron chi connectivity index (χ1n) is 5.32. The van der Waals surface area contributed by atoms with Gasteiger partial charge >= 0.3 is 21.1 Å². The summed E-state index contributed by atoms with van der Waals surface area (Å²) in [5, 5.41) is 0. The Hall–Kier alpha value is 0.158. The maximum absolute atomic E-state index is 10.3. The van der Waals surface area contributed by atoms with Crippen LogP contribution in [0.3, 0.4) is 0 Å². The zero-order chi connectivity index (χ0) is 11.7. The molecule has 90 valence electrons. The van der Waals surface area contributed by atoms with Gasteiger partial charge in [-0.3, -0.25) is 0 Å². The number of hydrogen-bond acceptors (Lipinski definition) is 1. The van der Waals surface area contributed by atoms with Crippen LogP contribution in [0.4, 0.5) is 0 Å². The van der Waals surface area contributed by atoms with Crippen molar-refractivity contribution in [2.24, 2.45) is 5.92 Å². The number of carbonyl (C=O) groups excluding carboxylic acids is 1. The molecule has 15 heavy (non-hydrogen) atoms. The Labute approximate surface area is 110 Å². The molecular formula is C12H25NOW. The average molecular weight is 383 g/mol. The predicted octanol–water partition coefficient (Wildman–Crippen LogP) is 3.04. The second kappa shape index (κ2) is 12.2. The van der Waals surface area contributed by atoms with E-state index in [9.17, 15) is 4.79 Å². The van der Waals surface area contributed by atoms with Gasteiger partial charge in [0.25, 0.3) is 0 Å². The SMILES string of the molecule is CCC.C[C-](C)C(C(C)C)N(C)[C-]=O.[W+2]. The molecule has 0 aliphatic heterocycles. The second-order valence-electron chi connectivity index (χ2n) is 4.18. The summed E-state index contributed by atoms with van der Waals surface area (Å²) in [5.41, 5.74) is 0. The van der Waals surface area contributed by atoms with Crippen LogP contribution >= 0.6 is 0 Å². The molecule has 0 bridgehead atoms. The Morgan fingerprint density at radius 3 is 1.67 bits per heavy atom. The number of rotatable bonds is 4. The third-order valence-electron chi connectivity index (χ3n) is 1.78. The summed E-state index contributed by atoms with van der Waals surface area (Å²) in [6, 6.07) is 0.229. The van der Waals surface area contributed by atoms with Crippen molar-refractivity contribution >= 4 is 6.41 Å². The summed E-state index contributed by atoms with van der Waals surface area (Å²) < 4.78 is 0. The minimum atomic E-state index is 0. The third-order valence-corrected chi connectivity index (χ3v) is 1.78. The fourth-order valence-corrected chi connectivity index (χ4v) is 1.56. The van der Waals surface area contributed by atoms with Gasteiger partial charge in [-0.1, -0.05) is 40.0 Å². The van der Waals surface area contributed by atoms with E-state index in [1.165, 1.54) is 12.3 Å². The Kier molecular flexibility index (Phi) is 16.8. The molecule has 1 amide bonds. The quantitative estimate of drug-likeness (QED) is 0.540. The monoisotopic (exact) mass is 383 g/mol. The molecule has 1 unspecified atom stereocenters. The molecule has 0 N–H and O–H groups in total. The fraction of sp³-hybridized carbons (Fsp3) is 0.833. The molecule has 0 aromatic rings. The molecule has 0 heterocycles. The van der Waals surface area contributed by atoms with Crippen molar-refractivity contribution in [2.75, 3.05) is 7.05 Å². The standard InChI is InChI=1S/C9H17NO.C3H8.W/c1-7(2)9(8(3)4)10(5)6-11;1-3-2;/h7,9H,1-5H3;3H2,1-2H3;/q-2;;+2. The molecule has 0 radical (unpaired) electrons. The minimum Gasteiger partial charge on any atom is -0.541 e. The van der Waals surface area contributed by atoms with Crippen molar-refractivity contribution < 1.29 is 25.9 Å². The molecule has 3 heteroatoms. The summed E-state index contributed by atoms with van der Waals surface area (Å²) in [6.45, 7) is 12.5. The third kappa shape index (κ3) is 10.4. The van der Waals surface area contributed by atoms with Crippen molar-refractivity contribution in [3.63, 3.8) is 0 Å². The number of nitrogens with zero attached hydrogens (tertiary/aromatic N) is 1. The maximum atomic E-state index is 10.3. The molecule has 0 aromatic heterocycles. The Bertz CT molecular complexity index is 130. The van der Waals surface area contributed by atoms with E-state index in [2.05, 4.69) is 27.7 Å². The average Bonchev–Trinajstić information content (AvgIpc) is 2.04. The van der Waals surface area contributed by atoms with Gasteiger partial charge in [0.2, 0.25) is 0 Å². The number of hydrogen-bond donors (Lipinski definition) is 0. The molecule has 1 atom stereocenters. The Morgan fingerprint density at radius 2 is 1.60 bits per heavy atom. The molecule has 0 aromatic carbocycles. The van der Waals surface area contributed by atoms with Crippen LogP contribution in [-0.4, -0.2) is 24.4 Å². The first-order valence-corrected chi connectivity index (χ1v) is 5.32. The smallest absolute Gasteiger partial charge is 0.541 e. The Morgan fingerprint density at radius 1 is 1.27 bits per heavy atom. The topological polar surface area (TPSA) is 20.3 Å². The minimum absolute atomic E-state index is 0. The van der Waals surface area contributed by atoms with E-state index < -0.39 is 0 Å². The zero-order valence-corrected chi connectivity index (χ0v) is 14.1. The van der Waals surface area contributed by atoms with Crippen molar-refractivity contribution in [1.29, 1.82) is 0 Å². The van der Waals surface area contributed by atoms with Crippen LogP contribution in [0.25, 0.3) is 0 Å². The summed E-state index contributed by atoms with van der Waals surface area (Å²) in [6.07, 6.45) is 3.14. The zero-order valence-electron chi connectivity index (χ0n) is 11.1. The maximum Gasteiger partial charge on any atom is 2.00 e. The van der Waals surface area contributed by atoms with Gasteiger partial charge in [0, 0.05) is 0 Å². The van der Waals surface area contributed by atoms with E-state index >= 15 is 0 Å². The van der Waals surface area contributed by atoms with E-state index in [1.54, 1.807) is 11.9 Å². The van der Waals surface area contributed by atoms with Crippen LogP contribution in [0.1, 0.15) is 48.0 Å². The fourth-order valence-electron chi connectivity index (χ4n) is 1.56. The predicted molar refractivity (Wildman–Crippen MR) is 62.6 cm³/mol. The molecular weight excluding hydrogens is 358 g/mol. The van der Waals surface area contributed by atoms with Gasteiger partial charge in [0.05, 0.1) is 0 Å². The normalized spacial score (nSPS) is 11.3. The van der Waals surface area contributed by atoms with Gasteiger partial charge in [0.15, 0.2) is 0 Å². The van der Waals surface area contributed by atoms with E-state index in [4.69, 9.17) is 0 Å². The van der Waals surface area contributed by atoms with Crippen LogP contribution in [0.5, 0.6) is 0 Å². The van der Waals surface area contributed by atoms with Crippen molar-refractivity contribution in [3.8, 4) is 0 Å². The molecule has 0 saturated heterocycles. The van der Waals surface area contributed by atoms with Gasteiger partial charge < -0.3 is 15.6 Å². The van der Waals surface area contributed by atoms with Gasteiger partial charge in [-0.05, 0) is 7.05 Å². The van der Waals surface area contributed by atoms with Gasteiger partial charge in [-0.2, -0.15) is 20.3 Å². The van der Waals surface area contributed by atoms with Crippen LogP contribution < -0.4 is 0 Å². The molecule has 2 nitrogen and oxygen atoms in total. The second-order valence-corrected chi connectivity index (χ2v) is 4.18. The van der Waals surface area contributed by atoms with Gasteiger partial charge in [0.1, 0.15) is 0 Å².